The molecule has 70 valence electrons. The Morgan fingerprint density at radius 2 is 2.38 bits per heavy atom. The van der Waals surface area contributed by atoms with Crippen molar-refractivity contribution in [1.82, 2.24) is 9.97 Å². The molecule has 0 saturated heterocycles. The molecule has 1 rings (SSSR count). The van der Waals surface area contributed by atoms with Crippen molar-refractivity contribution in [2.75, 3.05) is 6.61 Å². The number of carbonyl (C=O) groups is 1. The Morgan fingerprint density at radius 1 is 1.69 bits per heavy atom. The van der Waals surface area contributed by atoms with Crippen LogP contribution in [0.2, 0.25) is 5.28 Å². The number of hydrogen-bond donors (Lipinski definition) is 0. The molecule has 4 nitrogen and oxygen atoms in total. The van der Waals surface area contributed by atoms with Gasteiger partial charge < -0.3 is 4.74 Å². The maximum absolute atomic E-state index is 11.2. The van der Waals surface area contributed by atoms with Crippen LogP contribution < -0.4 is 0 Å². The molecule has 0 aliphatic carbocycles. The number of rotatable bonds is 2. The summed E-state index contributed by atoms with van der Waals surface area (Å²) in [6.07, 6.45) is 0. The fraction of sp³-hybridized carbons (Fsp3) is 0.286. The summed E-state index contributed by atoms with van der Waals surface area (Å²) < 4.78 is 5.36. The molecule has 0 unspecified atom stereocenters. The summed E-state index contributed by atoms with van der Waals surface area (Å²) in [6.45, 7) is 2.04. The second kappa shape index (κ2) is 4.71. The van der Waals surface area contributed by atoms with E-state index in [0.29, 0.717) is 10.3 Å². The van der Waals surface area contributed by atoms with Crippen LogP contribution in [0.3, 0.4) is 0 Å². The third kappa shape index (κ3) is 3.07. The number of halogens is 2. The van der Waals surface area contributed by atoms with E-state index in [2.05, 4.69) is 9.97 Å². The van der Waals surface area contributed by atoms with Crippen molar-refractivity contribution < 1.29 is 9.53 Å². The van der Waals surface area contributed by atoms with Gasteiger partial charge in [-0.15, -0.1) is 0 Å². The SMILES string of the molecule is CCOC(=O)c1cc(I)nc(Cl)n1. The Balaban J connectivity index is 2.94. The zero-order chi connectivity index (χ0) is 9.84. The molecule has 0 radical (unpaired) electrons. The highest BCUT2D eigenvalue weighted by Crippen LogP contribution is 2.09. The Morgan fingerprint density at radius 3 is 2.92 bits per heavy atom. The van der Waals surface area contributed by atoms with E-state index in [9.17, 15) is 4.79 Å². The minimum atomic E-state index is -0.482. The van der Waals surface area contributed by atoms with Crippen molar-refractivity contribution in [2.24, 2.45) is 0 Å². The monoisotopic (exact) mass is 312 g/mol. The molecule has 0 aliphatic rings. The first-order chi connectivity index (χ1) is 6.13. The van der Waals surface area contributed by atoms with Gasteiger partial charge in [-0.1, -0.05) is 0 Å². The Kier molecular flexibility index (Phi) is 3.86. The summed E-state index contributed by atoms with van der Waals surface area (Å²) in [5.74, 6) is -0.482. The average Bonchev–Trinajstić information content (AvgIpc) is 2.03. The van der Waals surface area contributed by atoms with Crippen LogP contribution in [0.15, 0.2) is 6.07 Å². The van der Waals surface area contributed by atoms with Gasteiger partial charge in [-0.3, -0.25) is 0 Å². The first kappa shape index (κ1) is 10.6. The van der Waals surface area contributed by atoms with Gasteiger partial charge in [-0.05, 0) is 41.1 Å². The highest BCUT2D eigenvalue weighted by Gasteiger charge is 2.10. The molecule has 0 saturated carbocycles. The van der Waals surface area contributed by atoms with Gasteiger partial charge in [0.05, 0.1) is 6.61 Å². The summed E-state index contributed by atoms with van der Waals surface area (Å²) in [5, 5.41) is 0.0509. The standard InChI is InChI=1S/C7H6ClIN2O2/c1-2-13-6(12)4-3-5(9)11-7(8)10-4/h3H,2H2,1H3. The van der Waals surface area contributed by atoms with Crippen LogP contribution in [0.4, 0.5) is 0 Å². The number of nitrogens with zero attached hydrogens (tertiary/aromatic N) is 2. The molecule has 0 atom stereocenters. The molecule has 13 heavy (non-hydrogen) atoms. The van der Waals surface area contributed by atoms with Crippen LogP contribution in [-0.4, -0.2) is 22.5 Å². The third-order valence-electron chi connectivity index (χ3n) is 1.15. The molecule has 0 bridgehead atoms. The smallest absolute Gasteiger partial charge is 0.357 e. The fourth-order valence-electron chi connectivity index (χ4n) is 0.700. The van der Waals surface area contributed by atoms with Crippen molar-refractivity contribution in [3.63, 3.8) is 0 Å². The van der Waals surface area contributed by atoms with Gasteiger partial charge in [0.15, 0.2) is 5.69 Å². The molecule has 1 heterocycles. The molecule has 0 N–H and O–H groups in total. The van der Waals surface area contributed by atoms with Crippen LogP contribution in [0.25, 0.3) is 0 Å². The van der Waals surface area contributed by atoms with Crippen LogP contribution in [0.5, 0.6) is 0 Å². The highest BCUT2D eigenvalue weighted by atomic mass is 127. The largest absolute Gasteiger partial charge is 0.461 e. The van der Waals surface area contributed by atoms with Crippen molar-refractivity contribution in [3.8, 4) is 0 Å². The van der Waals surface area contributed by atoms with E-state index >= 15 is 0 Å². The predicted molar refractivity (Wildman–Crippen MR) is 55.7 cm³/mol. The van der Waals surface area contributed by atoms with Gasteiger partial charge >= 0.3 is 5.97 Å². The first-order valence-corrected chi connectivity index (χ1v) is 4.96. The maximum Gasteiger partial charge on any atom is 0.357 e. The summed E-state index contributed by atoms with van der Waals surface area (Å²) >= 11 is 7.51. The molecule has 0 amide bonds. The summed E-state index contributed by atoms with van der Waals surface area (Å²) in [4.78, 5) is 18.7. The van der Waals surface area contributed by atoms with Gasteiger partial charge in [0.2, 0.25) is 5.28 Å². The average molecular weight is 312 g/mol. The van der Waals surface area contributed by atoms with Gasteiger partial charge in [0.25, 0.3) is 0 Å². The van der Waals surface area contributed by atoms with E-state index < -0.39 is 5.97 Å². The molecule has 0 spiro atoms. The van der Waals surface area contributed by atoms with Crippen molar-refractivity contribution in [1.29, 1.82) is 0 Å². The minimum absolute atomic E-state index is 0.0509. The molecule has 1 aromatic rings. The van der Waals surface area contributed by atoms with Crippen LogP contribution in [0, 0.1) is 3.70 Å². The molecular formula is C7H6ClIN2O2. The van der Waals surface area contributed by atoms with E-state index in [-0.39, 0.29) is 11.0 Å². The first-order valence-electron chi connectivity index (χ1n) is 3.50. The quantitative estimate of drug-likeness (QED) is 0.362. The van der Waals surface area contributed by atoms with E-state index in [1.165, 1.54) is 6.07 Å². The zero-order valence-electron chi connectivity index (χ0n) is 6.75. The summed E-state index contributed by atoms with van der Waals surface area (Å²) in [5.41, 5.74) is 0.186. The lowest BCUT2D eigenvalue weighted by atomic mass is 10.4. The number of esters is 1. The Labute approximate surface area is 93.8 Å². The van der Waals surface area contributed by atoms with Crippen LogP contribution >= 0.6 is 34.2 Å². The lowest BCUT2D eigenvalue weighted by Crippen LogP contribution is -2.08. The van der Waals surface area contributed by atoms with Gasteiger partial charge in [0, 0.05) is 6.07 Å². The van der Waals surface area contributed by atoms with Gasteiger partial charge in [-0.2, -0.15) is 0 Å². The molecule has 0 aromatic carbocycles. The highest BCUT2D eigenvalue weighted by molar-refractivity contribution is 14.1. The normalized spacial score (nSPS) is 9.77. The summed E-state index contributed by atoms with van der Waals surface area (Å²) in [7, 11) is 0. The zero-order valence-corrected chi connectivity index (χ0v) is 9.66. The van der Waals surface area contributed by atoms with Crippen LogP contribution in [-0.2, 0) is 4.74 Å². The van der Waals surface area contributed by atoms with E-state index in [1.54, 1.807) is 6.92 Å². The minimum Gasteiger partial charge on any atom is -0.461 e. The fourth-order valence-corrected chi connectivity index (χ4v) is 1.55. The van der Waals surface area contributed by atoms with Crippen molar-refractivity contribution in [3.05, 3.63) is 20.7 Å². The lowest BCUT2D eigenvalue weighted by Gasteiger charge is -2.00. The second-order valence-corrected chi connectivity index (χ2v) is 3.51. The molecule has 0 fully saturated rings. The Bertz CT molecular complexity index is 312. The topological polar surface area (TPSA) is 52.1 Å². The lowest BCUT2D eigenvalue weighted by molar-refractivity contribution is 0.0519. The predicted octanol–water partition coefficient (Wildman–Crippen LogP) is 1.91. The van der Waals surface area contributed by atoms with Gasteiger partial charge in [0.1, 0.15) is 3.70 Å². The number of aromatic nitrogens is 2. The van der Waals surface area contributed by atoms with E-state index in [0.717, 1.165) is 0 Å². The Hall–Kier alpha value is -0.430. The second-order valence-electron chi connectivity index (χ2n) is 2.07. The molecule has 1 aromatic heterocycles. The molecular weight excluding hydrogens is 306 g/mol. The van der Waals surface area contributed by atoms with Crippen LogP contribution in [0.1, 0.15) is 17.4 Å². The van der Waals surface area contributed by atoms with Crippen molar-refractivity contribution in [2.45, 2.75) is 6.92 Å². The van der Waals surface area contributed by atoms with E-state index in [4.69, 9.17) is 16.3 Å². The number of ether oxygens (including phenoxy) is 1. The maximum atomic E-state index is 11.2. The van der Waals surface area contributed by atoms with Crippen molar-refractivity contribution >= 4 is 40.2 Å². The third-order valence-corrected chi connectivity index (χ3v) is 1.87. The van der Waals surface area contributed by atoms with Gasteiger partial charge in [-0.25, -0.2) is 14.8 Å². The summed E-state index contributed by atoms with van der Waals surface area (Å²) in [6, 6.07) is 1.52. The van der Waals surface area contributed by atoms with E-state index in [1.807, 2.05) is 22.6 Å². The molecule has 6 heteroatoms. The molecule has 0 aliphatic heterocycles. The number of hydrogen-bond acceptors (Lipinski definition) is 4. The number of carbonyl (C=O) groups excluding carboxylic acids is 1.